The normalized spacial score (nSPS) is 11.5. The van der Waals surface area contributed by atoms with Gasteiger partial charge >= 0.3 is 7.32 Å². The Bertz CT molecular complexity index is 431. The van der Waals surface area contributed by atoms with Crippen LogP contribution >= 0.6 is 0 Å². The molecule has 0 saturated carbocycles. The molecule has 2 N–H and O–H groups in total. The Morgan fingerprint density at radius 2 is 1.47 bits per heavy atom. The third-order valence-corrected chi connectivity index (χ3v) is 3.15. The van der Waals surface area contributed by atoms with E-state index in [2.05, 4.69) is 46.5 Å². The first-order valence-corrected chi connectivity index (χ1v) is 6.81. The first-order valence-electron chi connectivity index (χ1n) is 6.81. The topological polar surface area (TPSA) is 62.6 Å². The van der Waals surface area contributed by atoms with Crippen LogP contribution < -0.4 is 4.65 Å². The van der Waals surface area contributed by atoms with Gasteiger partial charge in [0.25, 0.3) is 0 Å². The molecular weight excluding hydrogens is 241 g/mol. The molecule has 19 heavy (non-hydrogen) atoms. The highest BCUT2D eigenvalue weighted by molar-refractivity contribution is 6.33. The van der Waals surface area contributed by atoms with Gasteiger partial charge in [-0.25, -0.2) is 4.98 Å². The van der Waals surface area contributed by atoms with Crippen LogP contribution in [0, 0.1) is 0 Å². The van der Waals surface area contributed by atoms with Gasteiger partial charge in [-0.3, -0.25) is 0 Å². The van der Waals surface area contributed by atoms with Gasteiger partial charge in [0.05, 0.1) is 0 Å². The van der Waals surface area contributed by atoms with Crippen molar-refractivity contribution >= 4 is 7.32 Å². The first-order chi connectivity index (χ1) is 8.75. The maximum atomic E-state index is 9.01. The lowest BCUT2D eigenvalue weighted by molar-refractivity contribution is 0.281. The molecule has 1 aromatic rings. The Labute approximate surface area is 116 Å². The Balaban J connectivity index is 3.49. The van der Waals surface area contributed by atoms with Crippen LogP contribution in [0.5, 0.6) is 5.88 Å². The maximum absolute atomic E-state index is 9.01. The fraction of sp³-hybridized carbons (Fsp3) is 0.643. The van der Waals surface area contributed by atoms with Gasteiger partial charge in [0, 0.05) is 11.8 Å². The van der Waals surface area contributed by atoms with Crippen molar-refractivity contribution in [3.63, 3.8) is 0 Å². The molecule has 0 atom stereocenters. The molecule has 0 saturated heterocycles. The molecule has 0 unspecified atom stereocenters. The average molecular weight is 265 g/mol. The number of hydrogen-bond acceptors (Lipinski definition) is 4. The van der Waals surface area contributed by atoms with Crippen LogP contribution in [0.1, 0.15) is 76.0 Å². The van der Waals surface area contributed by atoms with Gasteiger partial charge in [-0.15, -0.1) is 0 Å². The van der Waals surface area contributed by atoms with Gasteiger partial charge in [-0.1, -0.05) is 41.5 Å². The highest BCUT2D eigenvalue weighted by atomic mass is 16.6. The minimum absolute atomic E-state index is 0.206. The summed E-state index contributed by atoms with van der Waals surface area (Å²) >= 11 is 0. The minimum atomic E-state index is -1.84. The van der Waals surface area contributed by atoms with E-state index < -0.39 is 7.32 Å². The van der Waals surface area contributed by atoms with Crippen molar-refractivity contribution in [2.45, 2.75) is 59.3 Å². The smallest absolute Gasteiger partial charge is 0.497 e. The Morgan fingerprint density at radius 3 is 1.84 bits per heavy atom. The summed E-state index contributed by atoms with van der Waals surface area (Å²) in [5.41, 5.74) is 3.36. The van der Waals surface area contributed by atoms with E-state index >= 15 is 0 Å². The number of aromatic nitrogens is 1. The summed E-state index contributed by atoms with van der Waals surface area (Å²) in [4.78, 5) is 4.26. The van der Waals surface area contributed by atoms with Crippen LogP contribution in [0.15, 0.2) is 6.20 Å². The van der Waals surface area contributed by atoms with E-state index in [0.717, 1.165) is 5.56 Å². The van der Waals surface area contributed by atoms with Crippen molar-refractivity contribution in [1.82, 2.24) is 4.98 Å². The third-order valence-electron chi connectivity index (χ3n) is 3.15. The van der Waals surface area contributed by atoms with Crippen LogP contribution in [0.25, 0.3) is 0 Å². The van der Waals surface area contributed by atoms with E-state index in [1.165, 1.54) is 11.1 Å². The van der Waals surface area contributed by atoms with Gasteiger partial charge in [-0.2, -0.15) is 0 Å². The second-order valence-electron chi connectivity index (χ2n) is 5.75. The highest BCUT2D eigenvalue weighted by Crippen LogP contribution is 2.37. The van der Waals surface area contributed by atoms with Crippen LogP contribution in [-0.4, -0.2) is 22.4 Å². The van der Waals surface area contributed by atoms with Gasteiger partial charge in [-0.05, 0) is 28.9 Å². The summed E-state index contributed by atoms with van der Waals surface area (Å²) in [6.45, 7) is 12.6. The molecule has 0 bridgehead atoms. The molecule has 0 aliphatic heterocycles. The number of nitrogens with zero attached hydrogens (tertiary/aromatic N) is 1. The lowest BCUT2D eigenvalue weighted by Gasteiger charge is -2.24. The molecule has 1 heterocycles. The van der Waals surface area contributed by atoms with E-state index in [0.29, 0.717) is 17.7 Å². The van der Waals surface area contributed by atoms with Crippen molar-refractivity contribution in [1.29, 1.82) is 0 Å². The largest absolute Gasteiger partial charge is 0.708 e. The molecule has 4 nitrogen and oxygen atoms in total. The van der Waals surface area contributed by atoms with E-state index in [4.69, 9.17) is 14.7 Å². The summed E-state index contributed by atoms with van der Waals surface area (Å²) in [5.74, 6) is 1.22. The molecule has 0 amide bonds. The van der Waals surface area contributed by atoms with Crippen LogP contribution in [0.2, 0.25) is 0 Å². The van der Waals surface area contributed by atoms with Gasteiger partial charge in [0.2, 0.25) is 5.88 Å². The molecule has 0 aromatic carbocycles. The highest BCUT2D eigenvalue weighted by Gasteiger charge is 2.24. The molecule has 106 valence electrons. The molecule has 0 fully saturated rings. The molecule has 0 spiro atoms. The van der Waals surface area contributed by atoms with E-state index in [-0.39, 0.29) is 5.92 Å². The lowest BCUT2D eigenvalue weighted by Crippen LogP contribution is -2.23. The van der Waals surface area contributed by atoms with Crippen molar-refractivity contribution in [3.8, 4) is 5.88 Å². The molecule has 0 aliphatic rings. The Kier molecular flexibility index (Phi) is 5.38. The first kappa shape index (κ1) is 16.0. The van der Waals surface area contributed by atoms with E-state index in [1.54, 1.807) is 6.20 Å². The third kappa shape index (κ3) is 3.70. The Morgan fingerprint density at radius 1 is 0.947 bits per heavy atom. The monoisotopic (exact) mass is 265 g/mol. The predicted octanol–water partition coefficient (Wildman–Crippen LogP) is 2.80. The second kappa shape index (κ2) is 6.39. The van der Waals surface area contributed by atoms with E-state index in [9.17, 15) is 0 Å². The number of hydrogen-bond donors (Lipinski definition) is 2. The zero-order valence-electron chi connectivity index (χ0n) is 12.6. The van der Waals surface area contributed by atoms with Crippen LogP contribution in [0.4, 0.5) is 0 Å². The van der Waals surface area contributed by atoms with Crippen molar-refractivity contribution in [2.24, 2.45) is 0 Å². The SMILES string of the molecule is CC(C)c1cnc(OB(O)O)c(C(C)C)c1C(C)C. The second-order valence-corrected chi connectivity index (χ2v) is 5.75. The zero-order valence-corrected chi connectivity index (χ0v) is 12.6. The minimum Gasteiger partial charge on any atom is -0.497 e. The van der Waals surface area contributed by atoms with Crippen LogP contribution in [-0.2, 0) is 0 Å². The summed E-state index contributed by atoms with van der Waals surface area (Å²) in [5, 5.41) is 18.0. The zero-order chi connectivity index (χ0) is 14.7. The standard InChI is InChI=1S/C14H24BNO3/c1-8(2)11-7-16-14(19-15(17)18)13(10(5)6)12(11)9(3)4/h7-10,17-18H,1-6H3. The van der Waals surface area contributed by atoms with Gasteiger partial charge < -0.3 is 14.7 Å². The molecule has 0 radical (unpaired) electrons. The number of rotatable bonds is 5. The predicted molar refractivity (Wildman–Crippen MR) is 77.3 cm³/mol. The molecule has 1 rings (SSSR count). The molecular formula is C14H24BNO3. The summed E-state index contributed by atoms with van der Waals surface area (Å²) in [6.07, 6.45) is 1.78. The molecule has 0 aliphatic carbocycles. The fourth-order valence-electron chi connectivity index (χ4n) is 2.39. The quantitative estimate of drug-likeness (QED) is 0.803. The lowest BCUT2D eigenvalue weighted by atomic mass is 9.85. The number of pyridine rings is 1. The van der Waals surface area contributed by atoms with Crippen LogP contribution in [0.3, 0.4) is 0 Å². The van der Waals surface area contributed by atoms with Crippen molar-refractivity contribution in [2.75, 3.05) is 0 Å². The van der Waals surface area contributed by atoms with E-state index in [1.807, 2.05) is 0 Å². The average Bonchev–Trinajstić information content (AvgIpc) is 2.26. The maximum Gasteiger partial charge on any atom is 0.708 e. The van der Waals surface area contributed by atoms with Gasteiger partial charge in [0.15, 0.2) is 0 Å². The van der Waals surface area contributed by atoms with Gasteiger partial charge in [0.1, 0.15) is 0 Å². The summed E-state index contributed by atoms with van der Waals surface area (Å²) < 4.78 is 5.03. The van der Waals surface area contributed by atoms with Crippen molar-refractivity contribution in [3.05, 3.63) is 22.9 Å². The fourth-order valence-corrected chi connectivity index (χ4v) is 2.39. The summed E-state index contributed by atoms with van der Waals surface area (Å²) in [7, 11) is -1.84. The molecule has 5 heteroatoms. The summed E-state index contributed by atoms with van der Waals surface area (Å²) in [6, 6.07) is 0. The van der Waals surface area contributed by atoms with Crippen molar-refractivity contribution < 1.29 is 14.7 Å². The molecule has 1 aromatic heterocycles. The Hall–Kier alpha value is -1.07.